The lowest BCUT2D eigenvalue weighted by molar-refractivity contribution is -0.146. The summed E-state index contributed by atoms with van der Waals surface area (Å²) >= 11 is 0. The highest BCUT2D eigenvalue weighted by molar-refractivity contribution is 5.83. The molecule has 0 fully saturated rings. The number of rotatable bonds is 5. The predicted molar refractivity (Wildman–Crippen MR) is 48.3 cm³/mol. The summed E-state index contributed by atoms with van der Waals surface area (Å²) in [6.45, 7) is 2.98. The second-order valence-corrected chi connectivity index (χ2v) is 2.42. The van der Waals surface area contributed by atoms with Gasteiger partial charge in [0.25, 0.3) is 0 Å². The highest BCUT2D eigenvalue weighted by atomic mass is 16.5. The van der Waals surface area contributed by atoms with E-state index in [0.717, 1.165) is 0 Å². The zero-order valence-corrected chi connectivity index (χ0v) is 8.06. The molecule has 0 rings (SSSR count). The Balaban J connectivity index is 4.28. The molecule has 0 aliphatic rings. The molecule has 78 valence electrons. The van der Waals surface area contributed by atoms with Gasteiger partial charge in [-0.2, -0.15) is 0 Å². The SMILES string of the molecule is CCOC(=O)C(CN=[N+]=[N-])NC(C)=O. The van der Waals surface area contributed by atoms with Crippen LogP contribution < -0.4 is 5.32 Å². The van der Waals surface area contributed by atoms with Gasteiger partial charge in [0.2, 0.25) is 5.91 Å². The fourth-order valence-corrected chi connectivity index (χ4v) is 0.785. The predicted octanol–water partition coefficient (Wildman–Crippen LogP) is 0.364. The molecule has 1 amide bonds. The van der Waals surface area contributed by atoms with Gasteiger partial charge in [-0.15, -0.1) is 0 Å². The second kappa shape index (κ2) is 6.73. The summed E-state index contributed by atoms with van der Waals surface area (Å²) in [5, 5.41) is 5.51. The average Bonchev–Trinajstić information content (AvgIpc) is 2.12. The number of azide groups is 1. The van der Waals surface area contributed by atoms with Crippen LogP contribution in [0.3, 0.4) is 0 Å². The average molecular weight is 200 g/mol. The molecule has 0 saturated heterocycles. The van der Waals surface area contributed by atoms with Crippen molar-refractivity contribution >= 4 is 11.9 Å². The Hall–Kier alpha value is -1.75. The van der Waals surface area contributed by atoms with Crippen LogP contribution in [0.2, 0.25) is 0 Å². The Morgan fingerprint density at radius 1 is 1.64 bits per heavy atom. The highest BCUT2D eigenvalue weighted by Gasteiger charge is 2.19. The highest BCUT2D eigenvalue weighted by Crippen LogP contribution is 1.91. The summed E-state index contributed by atoms with van der Waals surface area (Å²) in [6, 6.07) is -0.900. The number of ether oxygens (including phenoxy) is 1. The molecule has 1 atom stereocenters. The van der Waals surface area contributed by atoms with E-state index in [9.17, 15) is 9.59 Å². The van der Waals surface area contributed by atoms with E-state index in [4.69, 9.17) is 5.53 Å². The van der Waals surface area contributed by atoms with Crippen LogP contribution in [-0.2, 0) is 14.3 Å². The summed E-state index contributed by atoms with van der Waals surface area (Å²) in [7, 11) is 0. The van der Waals surface area contributed by atoms with Crippen molar-refractivity contribution in [3.05, 3.63) is 10.4 Å². The van der Waals surface area contributed by atoms with E-state index in [2.05, 4.69) is 20.1 Å². The zero-order chi connectivity index (χ0) is 11.0. The summed E-state index contributed by atoms with van der Waals surface area (Å²) in [4.78, 5) is 24.3. The molecule has 0 bridgehead atoms. The minimum atomic E-state index is -0.900. The van der Waals surface area contributed by atoms with Crippen molar-refractivity contribution in [1.29, 1.82) is 0 Å². The summed E-state index contributed by atoms with van der Waals surface area (Å²) in [5.41, 5.74) is 8.05. The van der Waals surface area contributed by atoms with E-state index < -0.39 is 12.0 Å². The lowest BCUT2D eigenvalue weighted by Crippen LogP contribution is -2.42. The van der Waals surface area contributed by atoms with Gasteiger partial charge in [0.15, 0.2) is 0 Å². The number of carbonyl (C=O) groups is 2. The van der Waals surface area contributed by atoms with Gasteiger partial charge < -0.3 is 10.1 Å². The number of esters is 1. The smallest absolute Gasteiger partial charge is 0.328 e. The number of hydrogen-bond donors (Lipinski definition) is 1. The van der Waals surface area contributed by atoms with Crippen molar-refractivity contribution in [2.45, 2.75) is 19.9 Å². The molecule has 0 saturated carbocycles. The van der Waals surface area contributed by atoms with Gasteiger partial charge in [-0.3, -0.25) is 4.79 Å². The Kier molecular flexibility index (Phi) is 5.89. The van der Waals surface area contributed by atoms with E-state index in [0.29, 0.717) is 0 Å². The third kappa shape index (κ3) is 5.00. The first kappa shape index (κ1) is 12.2. The topological polar surface area (TPSA) is 104 Å². The first-order chi connectivity index (χ1) is 6.61. The van der Waals surface area contributed by atoms with Crippen LogP contribution in [0.4, 0.5) is 0 Å². The molecule has 0 aliphatic carbocycles. The summed E-state index contributed by atoms with van der Waals surface area (Å²) < 4.78 is 4.66. The minimum absolute atomic E-state index is 0.144. The van der Waals surface area contributed by atoms with Crippen molar-refractivity contribution in [3.8, 4) is 0 Å². The Morgan fingerprint density at radius 3 is 2.71 bits per heavy atom. The van der Waals surface area contributed by atoms with E-state index in [1.54, 1.807) is 6.92 Å². The third-order valence-corrected chi connectivity index (χ3v) is 1.28. The van der Waals surface area contributed by atoms with E-state index in [-0.39, 0.29) is 19.1 Å². The Bertz CT molecular complexity index is 256. The van der Waals surface area contributed by atoms with Gasteiger partial charge in [0.05, 0.1) is 13.2 Å². The molecule has 1 unspecified atom stereocenters. The Morgan fingerprint density at radius 2 is 2.29 bits per heavy atom. The molecule has 0 aromatic heterocycles. The van der Waals surface area contributed by atoms with Crippen molar-refractivity contribution in [2.24, 2.45) is 5.11 Å². The number of amides is 1. The zero-order valence-electron chi connectivity index (χ0n) is 8.06. The standard InChI is InChI=1S/C7H12N4O3/c1-3-14-7(13)6(4-9-11-8)10-5(2)12/h6H,3-4H2,1-2H3,(H,10,12). The molecule has 0 aromatic rings. The van der Waals surface area contributed by atoms with Crippen molar-refractivity contribution in [1.82, 2.24) is 5.32 Å². The molecule has 0 spiro atoms. The van der Waals surface area contributed by atoms with Gasteiger partial charge in [-0.1, -0.05) is 5.11 Å². The molecule has 1 N–H and O–H groups in total. The van der Waals surface area contributed by atoms with Crippen LogP contribution in [0.15, 0.2) is 5.11 Å². The van der Waals surface area contributed by atoms with E-state index in [1.165, 1.54) is 6.92 Å². The van der Waals surface area contributed by atoms with Gasteiger partial charge in [-0.05, 0) is 12.5 Å². The molecule has 0 heterocycles. The van der Waals surface area contributed by atoms with Crippen molar-refractivity contribution < 1.29 is 14.3 Å². The number of carbonyl (C=O) groups excluding carboxylic acids is 2. The Labute approximate surface area is 81.0 Å². The maximum Gasteiger partial charge on any atom is 0.328 e. The lowest BCUT2D eigenvalue weighted by atomic mass is 10.3. The van der Waals surface area contributed by atoms with Crippen LogP contribution in [0.5, 0.6) is 0 Å². The fraction of sp³-hybridized carbons (Fsp3) is 0.714. The largest absolute Gasteiger partial charge is 0.464 e. The molecule has 7 nitrogen and oxygen atoms in total. The summed E-state index contributed by atoms with van der Waals surface area (Å²) in [5.74, 6) is -0.980. The number of hydrogen-bond acceptors (Lipinski definition) is 4. The normalized spacial score (nSPS) is 11.0. The van der Waals surface area contributed by atoms with Crippen molar-refractivity contribution in [3.63, 3.8) is 0 Å². The lowest BCUT2D eigenvalue weighted by Gasteiger charge is -2.13. The summed E-state index contributed by atoms with van der Waals surface area (Å²) in [6.07, 6.45) is 0. The van der Waals surface area contributed by atoms with Crippen LogP contribution in [0.25, 0.3) is 10.4 Å². The van der Waals surface area contributed by atoms with Gasteiger partial charge in [0, 0.05) is 11.8 Å². The number of nitrogens with one attached hydrogen (secondary N) is 1. The maximum absolute atomic E-state index is 11.2. The molecular formula is C7H12N4O3. The van der Waals surface area contributed by atoms with Crippen LogP contribution in [0, 0.1) is 0 Å². The van der Waals surface area contributed by atoms with Gasteiger partial charge >= 0.3 is 5.97 Å². The monoisotopic (exact) mass is 200 g/mol. The molecule has 0 aromatic carbocycles. The quantitative estimate of drug-likeness (QED) is 0.300. The maximum atomic E-state index is 11.2. The molecule has 0 aliphatic heterocycles. The van der Waals surface area contributed by atoms with Gasteiger partial charge in [0.1, 0.15) is 6.04 Å². The van der Waals surface area contributed by atoms with Crippen LogP contribution >= 0.6 is 0 Å². The van der Waals surface area contributed by atoms with Crippen molar-refractivity contribution in [2.75, 3.05) is 13.2 Å². The first-order valence-electron chi connectivity index (χ1n) is 4.06. The number of nitrogens with zero attached hydrogens (tertiary/aromatic N) is 3. The molecular weight excluding hydrogens is 188 g/mol. The molecule has 14 heavy (non-hydrogen) atoms. The molecule has 0 radical (unpaired) electrons. The fourth-order valence-electron chi connectivity index (χ4n) is 0.785. The van der Waals surface area contributed by atoms with Crippen LogP contribution in [0.1, 0.15) is 13.8 Å². The van der Waals surface area contributed by atoms with Gasteiger partial charge in [-0.25, -0.2) is 4.79 Å². The first-order valence-corrected chi connectivity index (χ1v) is 4.06. The van der Waals surface area contributed by atoms with E-state index in [1.807, 2.05) is 0 Å². The second-order valence-electron chi connectivity index (χ2n) is 2.42. The van der Waals surface area contributed by atoms with E-state index >= 15 is 0 Å². The van der Waals surface area contributed by atoms with Crippen LogP contribution in [-0.4, -0.2) is 31.1 Å². The minimum Gasteiger partial charge on any atom is -0.464 e. The third-order valence-electron chi connectivity index (χ3n) is 1.28. The molecule has 7 heteroatoms.